The van der Waals surface area contributed by atoms with Gasteiger partial charge in [0.15, 0.2) is 0 Å². The van der Waals surface area contributed by atoms with Crippen LogP contribution in [0.3, 0.4) is 0 Å². The molecule has 5 nitrogen and oxygen atoms in total. The summed E-state index contributed by atoms with van der Waals surface area (Å²) < 4.78 is 14.2. The van der Waals surface area contributed by atoms with Gasteiger partial charge in [-0.2, -0.15) is 0 Å². The van der Waals surface area contributed by atoms with E-state index in [1.165, 1.54) is 0 Å². The molecule has 1 aliphatic heterocycles. The third-order valence-electron chi connectivity index (χ3n) is 6.82. The summed E-state index contributed by atoms with van der Waals surface area (Å²) >= 11 is 0. The Bertz CT molecular complexity index is 1450. The first-order chi connectivity index (χ1) is 16.8. The first-order valence-electron chi connectivity index (χ1n) is 12.3. The molecule has 0 fully saturated rings. The smallest absolute Gasteiger partial charge is 0.338 e. The van der Waals surface area contributed by atoms with Gasteiger partial charge in [0.05, 0.1) is 18.2 Å². The predicted molar refractivity (Wildman–Crippen MR) is 144 cm³/mol. The van der Waals surface area contributed by atoms with Crippen molar-refractivity contribution in [3.05, 3.63) is 70.6 Å². The number of esters is 1. The van der Waals surface area contributed by atoms with Crippen molar-refractivity contribution in [2.45, 2.75) is 34.6 Å². The summed E-state index contributed by atoms with van der Waals surface area (Å²) in [5.41, 5.74) is 7.62. The Morgan fingerprint density at radius 3 is 2.43 bits per heavy atom. The first-order valence-corrected chi connectivity index (χ1v) is 12.3. The first kappa shape index (κ1) is 24.5. The molecule has 0 aromatic heterocycles. The van der Waals surface area contributed by atoms with E-state index in [1.54, 1.807) is 0 Å². The number of carbonyl (C=O) groups is 1. The van der Waals surface area contributed by atoms with Gasteiger partial charge in [-0.05, 0) is 63.9 Å². The van der Waals surface area contributed by atoms with Crippen molar-refractivity contribution < 1.29 is 13.9 Å². The molecule has 1 heterocycles. The Morgan fingerprint density at radius 1 is 1.00 bits per heavy atom. The Labute approximate surface area is 207 Å². The van der Waals surface area contributed by atoms with Crippen molar-refractivity contribution in [2.75, 3.05) is 38.7 Å². The average Bonchev–Trinajstić information content (AvgIpc) is 2.86. The highest BCUT2D eigenvalue weighted by Gasteiger charge is 2.24. The normalized spacial score (nSPS) is 12.2. The van der Waals surface area contributed by atoms with Crippen molar-refractivity contribution in [2.24, 2.45) is 0 Å². The Morgan fingerprint density at radius 2 is 1.74 bits per heavy atom. The van der Waals surface area contributed by atoms with Gasteiger partial charge in [-0.25, -0.2) is 9.37 Å². The molecular weight excluding hydrogens is 436 g/mol. The van der Waals surface area contributed by atoms with Crippen molar-refractivity contribution in [1.82, 2.24) is 4.58 Å². The molecule has 0 spiro atoms. The number of anilines is 1. The van der Waals surface area contributed by atoms with Crippen LogP contribution in [0, 0.1) is 13.8 Å². The second kappa shape index (κ2) is 9.95. The van der Waals surface area contributed by atoms with Crippen molar-refractivity contribution >= 4 is 22.6 Å². The minimum atomic E-state index is -0.316. The number of fused-ring (bicyclic) bond motifs is 2. The number of carbonyl (C=O) groups excluding carboxylic acids is 1. The quantitative estimate of drug-likeness (QED) is 0.200. The van der Waals surface area contributed by atoms with Crippen molar-refractivity contribution in [1.29, 1.82) is 0 Å². The Balaban J connectivity index is 2.19. The molecule has 1 aliphatic carbocycles. The SMILES string of the molecule is CCOC(=O)c1ccccc1-c1c2cc(C)c(=[N+](C)CC)cc-2oc2cc(N(C)CC)c(C)cc12. The monoisotopic (exact) mass is 471 g/mol. The maximum absolute atomic E-state index is 13.0. The fraction of sp³-hybridized carbons (Fsp3) is 0.333. The lowest BCUT2D eigenvalue weighted by molar-refractivity contribution is 0.0527. The summed E-state index contributed by atoms with van der Waals surface area (Å²) in [7, 11) is 4.17. The molecule has 0 atom stereocenters. The summed E-state index contributed by atoms with van der Waals surface area (Å²) in [6, 6.07) is 16.3. The van der Waals surface area contributed by atoms with E-state index in [0.29, 0.717) is 12.2 Å². The minimum Gasteiger partial charge on any atom is -0.462 e. The zero-order valence-electron chi connectivity index (χ0n) is 21.9. The van der Waals surface area contributed by atoms with Gasteiger partial charge in [-0.15, -0.1) is 0 Å². The molecule has 0 saturated heterocycles. The molecule has 0 unspecified atom stereocenters. The molecule has 0 amide bonds. The van der Waals surface area contributed by atoms with Gasteiger partial charge in [0, 0.05) is 47.4 Å². The highest BCUT2D eigenvalue weighted by Crippen LogP contribution is 2.43. The Hall–Kier alpha value is -3.60. The van der Waals surface area contributed by atoms with E-state index in [0.717, 1.165) is 68.7 Å². The molecule has 35 heavy (non-hydrogen) atoms. The highest BCUT2D eigenvalue weighted by molar-refractivity contribution is 6.08. The van der Waals surface area contributed by atoms with E-state index in [1.807, 2.05) is 31.2 Å². The fourth-order valence-electron chi connectivity index (χ4n) is 4.72. The summed E-state index contributed by atoms with van der Waals surface area (Å²) in [4.78, 5) is 15.2. The van der Waals surface area contributed by atoms with E-state index in [4.69, 9.17) is 9.15 Å². The van der Waals surface area contributed by atoms with Crippen molar-refractivity contribution in [3.63, 3.8) is 0 Å². The van der Waals surface area contributed by atoms with Crippen LogP contribution in [0.15, 0.2) is 52.9 Å². The number of hydrogen-bond acceptors (Lipinski definition) is 4. The average molecular weight is 472 g/mol. The molecule has 0 N–H and O–H groups in total. The largest absolute Gasteiger partial charge is 0.462 e. The zero-order chi connectivity index (χ0) is 25.3. The summed E-state index contributed by atoms with van der Waals surface area (Å²) in [5.74, 6) is 0.476. The van der Waals surface area contributed by atoms with Crippen LogP contribution in [0.2, 0.25) is 0 Å². The van der Waals surface area contributed by atoms with Crippen molar-refractivity contribution in [3.8, 4) is 22.5 Å². The number of benzene rings is 3. The molecule has 182 valence electrons. The highest BCUT2D eigenvalue weighted by atomic mass is 16.5. The molecule has 2 aromatic carbocycles. The second-order valence-electron chi connectivity index (χ2n) is 9.04. The lowest BCUT2D eigenvalue weighted by Gasteiger charge is -2.22. The van der Waals surface area contributed by atoms with E-state index >= 15 is 0 Å². The number of aryl methyl sites for hydroxylation is 2. The summed E-state index contributed by atoms with van der Waals surface area (Å²) in [6.45, 7) is 12.5. The van der Waals surface area contributed by atoms with Gasteiger partial charge in [-0.3, -0.25) is 0 Å². The predicted octanol–water partition coefficient (Wildman–Crippen LogP) is 5.88. The maximum Gasteiger partial charge on any atom is 0.338 e. The van der Waals surface area contributed by atoms with Crippen LogP contribution in [-0.4, -0.2) is 39.8 Å². The molecule has 4 rings (SSSR count). The number of rotatable bonds is 6. The third-order valence-corrected chi connectivity index (χ3v) is 6.82. The zero-order valence-corrected chi connectivity index (χ0v) is 21.9. The van der Waals surface area contributed by atoms with Crippen LogP contribution in [0.4, 0.5) is 5.69 Å². The van der Waals surface area contributed by atoms with Gasteiger partial charge < -0.3 is 14.1 Å². The lowest BCUT2D eigenvalue weighted by atomic mass is 9.89. The molecule has 2 aliphatic rings. The number of ether oxygens (including phenoxy) is 1. The number of hydrogen-bond donors (Lipinski definition) is 0. The molecule has 0 bridgehead atoms. The minimum absolute atomic E-state index is 0.316. The van der Waals surface area contributed by atoms with E-state index in [-0.39, 0.29) is 5.97 Å². The molecule has 0 radical (unpaired) electrons. The van der Waals surface area contributed by atoms with Gasteiger partial charge in [0.1, 0.15) is 24.9 Å². The van der Waals surface area contributed by atoms with Gasteiger partial charge >= 0.3 is 5.97 Å². The van der Waals surface area contributed by atoms with E-state index in [2.05, 4.69) is 75.5 Å². The van der Waals surface area contributed by atoms with Crippen LogP contribution >= 0.6 is 0 Å². The lowest BCUT2D eigenvalue weighted by Crippen LogP contribution is -2.28. The van der Waals surface area contributed by atoms with Crippen LogP contribution in [0.1, 0.15) is 42.3 Å². The van der Waals surface area contributed by atoms with Gasteiger partial charge in [0.2, 0.25) is 5.36 Å². The van der Waals surface area contributed by atoms with Crippen LogP contribution in [0.25, 0.3) is 33.4 Å². The van der Waals surface area contributed by atoms with Crippen LogP contribution < -0.4 is 14.8 Å². The van der Waals surface area contributed by atoms with E-state index in [9.17, 15) is 4.79 Å². The number of nitrogens with zero attached hydrogens (tertiary/aromatic N) is 2. The molecule has 2 aromatic rings. The van der Waals surface area contributed by atoms with Crippen LogP contribution in [-0.2, 0) is 4.74 Å². The molecular formula is C30H35N2O3+. The standard InChI is InChI=1S/C30H35N2O3/c1-8-31(6)25-17-27-23(15-19(25)4)29(21-13-11-12-14-22(21)30(33)34-10-3)24-16-20(5)26(32(7)9-2)18-28(24)35-27/h11-18H,8-10H2,1-7H3/q+1. The van der Waals surface area contributed by atoms with Crippen LogP contribution in [0.5, 0.6) is 0 Å². The van der Waals surface area contributed by atoms with Gasteiger partial charge in [-0.1, -0.05) is 18.2 Å². The third kappa shape index (κ3) is 4.43. The fourth-order valence-corrected chi connectivity index (χ4v) is 4.72. The summed E-state index contributed by atoms with van der Waals surface area (Å²) in [6.07, 6.45) is 0. The maximum atomic E-state index is 13.0. The second-order valence-corrected chi connectivity index (χ2v) is 9.04. The van der Waals surface area contributed by atoms with E-state index < -0.39 is 0 Å². The molecule has 5 heteroatoms. The topological polar surface area (TPSA) is 45.7 Å². The van der Waals surface area contributed by atoms with Gasteiger partial charge in [0.25, 0.3) is 0 Å². The Kier molecular flexibility index (Phi) is 6.97. The summed E-state index contributed by atoms with van der Waals surface area (Å²) in [5, 5.41) is 2.11. The molecule has 0 saturated carbocycles.